The highest BCUT2D eigenvalue weighted by Crippen LogP contribution is 2.26. The molecule has 1 amide bonds. The van der Waals surface area contributed by atoms with E-state index in [-0.39, 0.29) is 17.0 Å². The van der Waals surface area contributed by atoms with Crippen LogP contribution in [0.4, 0.5) is 23.2 Å². The van der Waals surface area contributed by atoms with Gasteiger partial charge in [0.2, 0.25) is 5.91 Å². The van der Waals surface area contributed by atoms with E-state index in [9.17, 15) is 22.4 Å². The van der Waals surface area contributed by atoms with Gasteiger partial charge in [0.25, 0.3) is 0 Å². The molecule has 31 heavy (non-hydrogen) atoms. The number of hydrogen-bond acceptors (Lipinski definition) is 4. The first kappa shape index (κ1) is 20.8. The molecule has 4 rings (SSSR count). The van der Waals surface area contributed by atoms with E-state index in [0.29, 0.717) is 5.69 Å². The van der Waals surface area contributed by atoms with Gasteiger partial charge in [0.05, 0.1) is 11.4 Å². The number of benzene rings is 3. The Labute approximate surface area is 178 Å². The van der Waals surface area contributed by atoms with Crippen LogP contribution in [0.5, 0.6) is 0 Å². The number of halogens is 4. The number of anilines is 1. The van der Waals surface area contributed by atoms with E-state index < -0.39 is 34.9 Å². The van der Waals surface area contributed by atoms with E-state index in [1.807, 2.05) is 47.8 Å². The SMILES string of the molecule is O=C(CSc1nccc(-c2ccc3ccccc3c2)n1)Nc1c(F)c(F)cc(F)c1F. The maximum absolute atomic E-state index is 13.7. The second kappa shape index (κ2) is 8.73. The van der Waals surface area contributed by atoms with Gasteiger partial charge in [-0.1, -0.05) is 48.2 Å². The van der Waals surface area contributed by atoms with E-state index in [0.717, 1.165) is 28.1 Å². The monoisotopic (exact) mass is 443 g/mol. The van der Waals surface area contributed by atoms with Gasteiger partial charge in [-0.2, -0.15) is 0 Å². The van der Waals surface area contributed by atoms with Gasteiger partial charge in [-0.15, -0.1) is 0 Å². The van der Waals surface area contributed by atoms with Crippen molar-refractivity contribution in [1.82, 2.24) is 9.97 Å². The Kier molecular flexibility index (Phi) is 5.85. The third-order valence-electron chi connectivity index (χ3n) is 4.39. The summed E-state index contributed by atoms with van der Waals surface area (Å²) in [5.41, 5.74) is 0.314. The first-order valence-corrected chi connectivity index (χ1v) is 9.99. The second-order valence-corrected chi connectivity index (χ2v) is 7.41. The molecule has 156 valence electrons. The lowest BCUT2D eigenvalue weighted by molar-refractivity contribution is -0.113. The molecule has 0 radical (unpaired) electrons. The Balaban J connectivity index is 1.48. The summed E-state index contributed by atoms with van der Waals surface area (Å²) >= 11 is 0.914. The number of amides is 1. The maximum Gasteiger partial charge on any atom is 0.235 e. The molecule has 0 saturated heterocycles. The highest BCUT2D eigenvalue weighted by molar-refractivity contribution is 7.99. The molecule has 0 saturated carbocycles. The van der Waals surface area contributed by atoms with Crippen molar-refractivity contribution >= 4 is 34.1 Å². The van der Waals surface area contributed by atoms with Gasteiger partial charge in [0.15, 0.2) is 28.4 Å². The molecule has 0 aliphatic carbocycles. The van der Waals surface area contributed by atoms with Crippen LogP contribution in [-0.2, 0) is 4.79 Å². The van der Waals surface area contributed by atoms with Crippen molar-refractivity contribution < 1.29 is 22.4 Å². The molecule has 0 bridgehead atoms. The van der Waals surface area contributed by atoms with Crippen molar-refractivity contribution in [3.05, 3.63) is 84.1 Å². The second-order valence-electron chi connectivity index (χ2n) is 6.47. The largest absolute Gasteiger partial charge is 0.320 e. The Bertz CT molecular complexity index is 1270. The lowest BCUT2D eigenvalue weighted by atomic mass is 10.1. The molecular formula is C22H13F4N3OS. The van der Waals surface area contributed by atoms with Gasteiger partial charge in [0, 0.05) is 17.8 Å². The Morgan fingerprint density at radius 3 is 2.35 bits per heavy atom. The summed E-state index contributed by atoms with van der Waals surface area (Å²) in [4.78, 5) is 20.5. The van der Waals surface area contributed by atoms with Crippen LogP contribution in [0.15, 0.2) is 66.0 Å². The summed E-state index contributed by atoms with van der Waals surface area (Å²) in [7, 11) is 0. The molecule has 0 aliphatic heterocycles. The zero-order valence-electron chi connectivity index (χ0n) is 15.7. The number of nitrogens with one attached hydrogen (secondary N) is 1. The molecule has 0 atom stereocenters. The number of rotatable bonds is 5. The summed E-state index contributed by atoms with van der Waals surface area (Å²) in [5.74, 6) is -7.74. The Morgan fingerprint density at radius 2 is 1.61 bits per heavy atom. The highest BCUT2D eigenvalue weighted by atomic mass is 32.2. The molecule has 0 unspecified atom stereocenters. The van der Waals surface area contributed by atoms with E-state index in [2.05, 4.69) is 9.97 Å². The fourth-order valence-corrected chi connectivity index (χ4v) is 3.54. The normalized spacial score (nSPS) is 11.0. The van der Waals surface area contributed by atoms with Crippen LogP contribution in [-0.4, -0.2) is 21.6 Å². The first-order chi connectivity index (χ1) is 14.9. The minimum absolute atomic E-state index is 0.0706. The van der Waals surface area contributed by atoms with Crippen molar-refractivity contribution in [2.24, 2.45) is 0 Å². The smallest absolute Gasteiger partial charge is 0.235 e. The Morgan fingerprint density at radius 1 is 0.903 bits per heavy atom. The minimum Gasteiger partial charge on any atom is -0.320 e. The zero-order chi connectivity index (χ0) is 22.0. The van der Waals surface area contributed by atoms with Crippen LogP contribution >= 0.6 is 11.8 Å². The highest BCUT2D eigenvalue weighted by Gasteiger charge is 2.21. The molecule has 4 aromatic rings. The van der Waals surface area contributed by atoms with Gasteiger partial charge >= 0.3 is 0 Å². The predicted octanol–water partition coefficient (Wildman–Crippen LogP) is 5.58. The lowest BCUT2D eigenvalue weighted by Crippen LogP contribution is -2.17. The van der Waals surface area contributed by atoms with Gasteiger partial charge in [0.1, 0.15) is 5.69 Å². The van der Waals surface area contributed by atoms with Crippen molar-refractivity contribution in [3.8, 4) is 11.3 Å². The van der Waals surface area contributed by atoms with Gasteiger partial charge < -0.3 is 5.32 Å². The molecule has 1 N–H and O–H groups in total. The first-order valence-electron chi connectivity index (χ1n) is 9.00. The number of nitrogens with zero attached hydrogens (tertiary/aromatic N) is 2. The topological polar surface area (TPSA) is 54.9 Å². The molecule has 4 nitrogen and oxygen atoms in total. The third-order valence-corrected chi connectivity index (χ3v) is 5.25. The van der Waals surface area contributed by atoms with Crippen molar-refractivity contribution in [2.45, 2.75) is 5.16 Å². The average molecular weight is 443 g/mol. The van der Waals surface area contributed by atoms with Crippen LogP contribution in [0.1, 0.15) is 0 Å². The molecule has 0 fully saturated rings. The van der Waals surface area contributed by atoms with E-state index in [1.54, 1.807) is 6.07 Å². The molecular weight excluding hydrogens is 430 g/mol. The number of fused-ring (bicyclic) bond motifs is 1. The third kappa shape index (κ3) is 4.51. The molecule has 3 aromatic carbocycles. The standard InChI is InChI=1S/C22H13F4N3OS/c23-15-10-16(24)20(26)21(19(15)25)29-18(30)11-31-22-27-8-7-17(28-22)14-6-5-12-3-1-2-4-13(12)9-14/h1-10H,11H2,(H,29,30). The molecule has 9 heteroatoms. The molecule has 1 heterocycles. The number of carbonyl (C=O) groups excluding carboxylic acids is 1. The van der Waals surface area contributed by atoms with Crippen molar-refractivity contribution in [1.29, 1.82) is 0 Å². The van der Waals surface area contributed by atoms with Crippen LogP contribution in [0.3, 0.4) is 0 Å². The van der Waals surface area contributed by atoms with Crippen LogP contribution in [0.2, 0.25) is 0 Å². The summed E-state index contributed by atoms with van der Waals surface area (Å²) in [6.45, 7) is 0. The fourth-order valence-electron chi connectivity index (χ4n) is 2.91. The quantitative estimate of drug-likeness (QED) is 0.189. The van der Waals surface area contributed by atoms with Crippen molar-refractivity contribution in [3.63, 3.8) is 0 Å². The van der Waals surface area contributed by atoms with Crippen LogP contribution in [0, 0.1) is 23.3 Å². The van der Waals surface area contributed by atoms with E-state index in [1.165, 1.54) is 6.20 Å². The van der Waals surface area contributed by atoms with Crippen LogP contribution < -0.4 is 5.32 Å². The minimum atomic E-state index is -1.67. The van der Waals surface area contributed by atoms with Gasteiger partial charge in [-0.3, -0.25) is 4.79 Å². The zero-order valence-corrected chi connectivity index (χ0v) is 16.5. The molecule has 0 aliphatic rings. The van der Waals surface area contributed by atoms with E-state index >= 15 is 0 Å². The molecule has 0 spiro atoms. The van der Waals surface area contributed by atoms with Gasteiger partial charge in [-0.25, -0.2) is 27.5 Å². The maximum atomic E-state index is 13.7. The van der Waals surface area contributed by atoms with Gasteiger partial charge in [-0.05, 0) is 22.9 Å². The summed E-state index contributed by atoms with van der Waals surface area (Å²) in [5, 5.41) is 4.23. The predicted molar refractivity (Wildman–Crippen MR) is 111 cm³/mol. The fraction of sp³-hybridized carbons (Fsp3) is 0.0455. The Hall–Kier alpha value is -3.46. The van der Waals surface area contributed by atoms with E-state index in [4.69, 9.17) is 0 Å². The number of carbonyl (C=O) groups is 1. The molecule has 1 aromatic heterocycles. The van der Waals surface area contributed by atoms with Crippen molar-refractivity contribution in [2.75, 3.05) is 11.1 Å². The lowest BCUT2D eigenvalue weighted by Gasteiger charge is -2.09. The number of hydrogen-bond donors (Lipinski definition) is 1. The summed E-state index contributed by atoms with van der Waals surface area (Å²) < 4.78 is 53.9. The summed E-state index contributed by atoms with van der Waals surface area (Å²) in [6.07, 6.45) is 1.53. The average Bonchev–Trinajstić information content (AvgIpc) is 2.79. The number of thioether (sulfide) groups is 1. The summed E-state index contributed by atoms with van der Waals surface area (Å²) in [6, 6.07) is 15.5. The van der Waals surface area contributed by atoms with Crippen LogP contribution in [0.25, 0.3) is 22.0 Å². The number of aromatic nitrogens is 2.